The smallest absolute Gasteiger partial charge is 0.180 e. The number of halogens is 1. The van der Waals surface area contributed by atoms with E-state index in [2.05, 4.69) is 0 Å². The van der Waals surface area contributed by atoms with Crippen molar-refractivity contribution in [2.75, 3.05) is 19.8 Å². The van der Waals surface area contributed by atoms with Crippen LogP contribution < -0.4 is 15.2 Å². The van der Waals surface area contributed by atoms with E-state index in [1.165, 1.54) is 0 Å². The summed E-state index contributed by atoms with van der Waals surface area (Å²) in [5.41, 5.74) is 6.57. The molecule has 1 aliphatic rings. The van der Waals surface area contributed by atoms with Crippen LogP contribution in [0.4, 0.5) is 0 Å². The van der Waals surface area contributed by atoms with E-state index < -0.39 is 0 Å². The quantitative estimate of drug-likeness (QED) is 0.824. The van der Waals surface area contributed by atoms with Crippen molar-refractivity contribution in [3.05, 3.63) is 22.7 Å². The fourth-order valence-electron chi connectivity index (χ4n) is 1.78. The summed E-state index contributed by atoms with van der Waals surface area (Å²) >= 11 is 6.27. The van der Waals surface area contributed by atoms with E-state index in [0.717, 1.165) is 37.1 Å². The molecule has 1 aliphatic heterocycles. The molecular formula is C12H16ClNO2. The molecule has 1 heterocycles. The van der Waals surface area contributed by atoms with Crippen LogP contribution in [0.1, 0.15) is 18.4 Å². The largest absolute Gasteiger partial charge is 0.486 e. The molecule has 0 atom stereocenters. The molecule has 88 valence electrons. The highest BCUT2D eigenvalue weighted by Gasteiger charge is 2.17. The summed E-state index contributed by atoms with van der Waals surface area (Å²) in [6.45, 7) is 1.89. The Balaban J connectivity index is 2.14. The molecule has 0 fully saturated rings. The normalized spacial score (nSPS) is 13.9. The maximum absolute atomic E-state index is 6.27. The van der Waals surface area contributed by atoms with Crippen LogP contribution in [0, 0.1) is 0 Å². The van der Waals surface area contributed by atoms with Crippen LogP contribution in [0.2, 0.25) is 5.02 Å². The molecule has 2 N–H and O–H groups in total. The number of benzene rings is 1. The molecule has 0 bridgehead atoms. The first-order valence-electron chi connectivity index (χ1n) is 5.60. The Bertz CT molecular complexity index is 368. The fourth-order valence-corrected chi connectivity index (χ4v) is 2.08. The summed E-state index contributed by atoms with van der Waals surface area (Å²) in [5.74, 6) is 1.44. The average Bonchev–Trinajstić information content (AvgIpc) is 2.33. The lowest BCUT2D eigenvalue weighted by Gasteiger charge is -2.20. The molecule has 0 saturated heterocycles. The third-order valence-electron chi connectivity index (χ3n) is 2.63. The van der Waals surface area contributed by atoms with Gasteiger partial charge in [-0.15, -0.1) is 0 Å². The Morgan fingerprint density at radius 1 is 1.19 bits per heavy atom. The van der Waals surface area contributed by atoms with Crippen LogP contribution in [0.25, 0.3) is 0 Å². The molecule has 3 nitrogen and oxygen atoms in total. The first-order chi connectivity index (χ1) is 7.83. The summed E-state index contributed by atoms with van der Waals surface area (Å²) < 4.78 is 11.0. The molecule has 1 aromatic rings. The highest BCUT2D eigenvalue weighted by atomic mass is 35.5. The van der Waals surface area contributed by atoms with E-state index in [1.807, 2.05) is 12.1 Å². The summed E-state index contributed by atoms with van der Waals surface area (Å²) in [6, 6.07) is 3.94. The van der Waals surface area contributed by atoms with E-state index >= 15 is 0 Å². The summed E-state index contributed by atoms with van der Waals surface area (Å²) in [6.07, 6.45) is 3.01. The van der Waals surface area contributed by atoms with Crippen LogP contribution in [0.15, 0.2) is 12.1 Å². The Morgan fingerprint density at radius 2 is 2.00 bits per heavy atom. The molecule has 1 aromatic carbocycles. The van der Waals surface area contributed by atoms with Crippen LogP contribution in [-0.4, -0.2) is 19.8 Å². The van der Waals surface area contributed by atoms with E-state index in [0.29, 0.717) is 24.0 Å². The molecule has 0 spiro atoms. The second-order valence-electron chi connectivity index (χ2n) is 3.81. The summed E-state index contributed by atoms with van der Waals surface area (Å²) in [5, 5.41) is 0.689. The molecule has 0 aliphatic carbocycles. The molecule has 0 amide bonds. The van der Waals surface area contributed by atoms with Crippen molar-refractivity contribution in [1.82, 2.24) is 0 Å². The summed E-state index contributed by atoms with van der Waals surface area (Å²) in [7, 11) is 0. The van der Waals surface area contributed by atoms with E-state index in [1.54, 1.807) is 0 Å². The van der Waals surface area contributed by atoms with Crippen LogP contribution >= 0.6 is 11.6 Å². The van der Waals surface area contributed by atoms with Crippen LogP contribution in [0.3, 0.4) is 0 Å². The maximum Gasteiger partial charge on any atom is 0.180 e. The first-order valence-corrected chi connectivity index (χ1v) is 5.98. The van der Waals surface area contributed by atoms with Crippen molar-refractivity contribution >= 4 is 11.6 Å². The Morgan fingerprint density at radius 3 is 2.81 bits per heavy atom. The van der Waals surface area contributed by atoms with Crippen molar-refractivity contribution in [3.8, 4) is 11.5 Å². The van der Waals surface area contributed by atoms with Gasteiger partial charge in [-0.3, -0.25) is 0 Å². The van der Waals surface area contributed by atoms with Crippen LogP contribution in [-0.2, 0) is 6.42 Å². The van der Waals surface area contributed by atoms with Crippen molar-refractivity contribution in [1.29, 1.82) is 0 Å². The maximum atomic E-state index is 6.27. The Hall–Kier alpha value is -0.930. The number of aryl methyl sites for hydroxylation is 1. The zero-order valence-electron chi connectivity index (χ0n) is 9.17. The minimum Gasteiger partial charge on any atom is -0.486 e. The second-order valence-corrected chi connectivity index (χ2v) is 4.19. The molecule has 0 aromatic heterocycles. The topological polar surface area (TPSA) is 44.5 Å². The minimum atomic E-state index is 0.568. The Labute approximate surface area is 100 Å². The number of nitrogens with two attached hydrogens (primary N) is 1. The highest BCUT2D eigenvalue weighted by molar-refractivity contribution is 6.33. The number of ether oxygens (including phenoxy) is 2. The number of hydrogen-bond donors (Lipinski definition) is 1. The standard InChI is InChI=1S/C12H16ClNO2/c13-11-9(3-1-2-6-14)4-5-10-12(11)16-8-7-15-10/h4-5H,1-3,6-8,14H2. The lowest BCUT2D eigenvalue weighted by molar-refractivity contribution is 0.171. The Kier molecular flexibility index (Phi) is 3.91. The SMILES string of the molecule is NCCCCc1ccc2c(c1Cl)OCCO2. The zero-order chi connectivity index (χ0) is 11.4. The van der Waals surface area contributed by atoms with Gasteiger partial charge in [0, 0.05) is 0 Å². The third kappa shape index (κ3) is 2.42. The number of unbranched alkanes of at least 4 members (excludes halogenated alkanes) is 1. The first kappa shape index (κ1) is 11.6. The van der Waals surface area contributed by atoms with Gasteiger partial charge in [0.25, 0.3) is 0 Å². The van der Waals surface area contributed by atoms with Crippen LogP contribution in [0.5, 0.6) is 11.5 Å². The monoisotopic (exact) mass is 241 g/mol. The lowest BCUT2D eigenvalue weighted by Crippen LogP contribution is -2.16. The van der Waals surface area contributed by atoms with Crippen molar-refractivity contribution < 1.29 is 9.47 Å². The molecular weight excluding hydrogens is 226 g/mol. The molecule has 0 unspecified atom stereocenters. The average molecular weight is 242 g/mol. The van der Waals surface area contributed by atoms with Gasteiger partial charge >= 0.3 is 0 Å². The minimum absolute atomic E-state index is 0.568. The van der Waals surface area contributed by atoms with Gasteiger partial charge in [-0.1, -0.05) is 17.7 Å². The lowest BCUT2D eigenvalue weighted by atomic mass is 10.1. The predicted octanol–water partition coefficient (Wildman–Crippen LogP) is 2.39. The molecule has 2 rings (SSSR count). The van der Waals surface area contributed by atoms with Crippen molar-refractivity contribution in [3.63, 3.8) is 0 Å². The van der Waals surface area contributed by atoms with Gasteiger partial charge in [-0.2, -0.15) is 0 Å². The van der Waals surface area contributed by atoms with Crippen molar-refractivity contribution in [2.24, 2.45) is 5.73 Å². The van der Waals surface area contributed by atoms with Gasteiger partial charge in [-0.25, -0.2) is 0 Å². The molecule has 16 heavy (non-hydrogen) atoms. The molecule has 0 radical (unpaired) electrons. The van der Waals surface area contributed by atoms with Gasteiger partial charge < -0.3 is 15.2 Å². The van der Waals surface area contributed by atoms with Gasteiger partial charge in [0.05, 0.1) is 5.02 Å². The van der Waals surface area contributed by atoms with Crippen molar-refractivity contribution in [2.45, 2.75) is 19.3 Å². The molecule has 4 heteroatoms. The van der Waals surface area contributed by atoms with Gasteiger partial charge in [0.15, 0.2) is 11.5 Å². The number of hydrogen-bond acceptors (Lipinski definition) is 3. The van der Waals surface area contributed by atoms with E-state index in [4.69, 9.17) is 26.8 Å². The molecule has 0 saturated carbocycles. The van der Waals surface area contributed by atoms with E-state index in [9.17, 15) is 0 Å². The third-order valence-corrected chi connectivity index (χ3v) is 3.04. The summed E-state index contributed by atoms with van der Waals surface area (Å²) in [4.78, 5) is 0. The van der Waals surface area contributed by atoms with Gasteiger partial charge in [-0.05, 0) is 37.4 Å². The highest BCUT2D eigenvalue weighted by Crippen LogP contribution is 2.39. The zero-order valence-corrected chi connectivity index (χ0v) is 9.93. The fraction of sp³-hybridized carbons (Fsp3) is 0.500. The predicted molar refractivity (Wildman–Crippen MR) is 64.4 cm³/mol. The number of fused-ring (bicyclic) bond motifs is 1. The second kappa shape index (κ2) is 5.41. The van der Waals surface area contributed by atoms with Gasteiger partial charge in [0.2, 0.25) is 0 Å². The van der Waals surface area contributed by atoms with E-state index in [-0.39, 0.29) is 0 Å². The van der Waals surface area contributed by atoms with Gasteiger partial charge in [0.1, 0.15) is 13.2 Å². The number of rotatable bonds is 4.